The zero-order valence-electron chi connectivity index (χ0n) is 11.6. The number of nitrogens with one attached hydrogen (secondary N) is 1. The molecule has 1 saturated carbocycles. The normalized spacial score (nSPS) is 22.7. The molecule has 0 heterocycles. The van der Waals surface area contributed by atoms with Gasteiger partial charge in [0.2, 0.25) is 10.0 Å². The van der Waals surface area contributed by atoms with Crippen molar-refractivity contribution in [1.29, 1.82) is 0 Å². The van der Waals surface area contributed by atoms with Crippen molar-refractivity contribution in [2.24, 2.45) is 5.92 Å². The predicted molar refractivity (Wildman–Crippen MR) is 89.2 cm³/mol. The highest BCUT2D eigenvalue weighted by Gasteiger charge is 2.27. The summed E-state index contributed by atoms with van der Waals surface area (Å²) >= 11 is 3.63. The third-order valence-corrected chi connectivity index (χ3v) is 6.83. The first kappa shape index (κ1) is 15.0. The first-order chi connectivity index (χ1) is 10.1. The van der Waals surface area contributed by atoms with Crippen LogP contribution in [0.5, 0.6) is 0 Å². The number of hydrogen-bond acceptors (Lipinski definition) is 2. The Kier molecular flexibility index (Phi) is 4.33. The SMILES string of the molecule is O=S(=O)(NCC1CCCC1Br)c1cccc2ccccc12. The molecule has 112 valence electrons. The molecule has 21 heavy (non-hydrogen) atoms. The first-order valence-electron chi connectivity index (χ1n) is 7.19. The Hall–Kier alpha value is -0.910. The molecular formula is C16H18BrNO2S. The first-order valence-corrected chi connectivity index (χ1v) is 9.59. The Bertz CT molecular complexity index is 740. The summed E-state index contributed by atoms with van der Waals surface area (Å²) in [7, 11) is -3.47. The highest BCUT2D eigenvalue weighted by molar-refractivity contribution is 9.09. The highest BCUT2D eigenvalue weighted by Crippen LogP contribution is 2.31. The summed E-state index contributed by atoms with van der Waals surface area (Å²) in [4.78, 5) is 0.789. The van der Waals surface area contributed by atoms with Gasteiger partial charge in [-0.15, -0.1) is 0 Å². The Balaban J connectivity index is 1.86. The Morgan fingerprint density at radius 2 is 1.86 bits per heavy atom. The van der Waals surface area contributed by atoms with E-state index in [1.165, 1.54) is 0 Å². The minimum atomic E-state index is -3.47. The van der Waals surface area contributed by atoms with E-state index in [4.69, 9.17) is 0 Å². The van der Waals surface area contributed by atoms with Gasteiger partial charge in [0.15, 0.2) is 0 Å². The summed E-state index contributed by atoms with van der Waals surface area (Å²) in [6, 6.07) is 13.0. The molecular weight excluding hydrogens is 350 g/mol. The van der Waals surface area contributed by atoms with E-state index in [1.807, 2.05) is 30.3 Å². The van der Waals surface area contributed by atoms with Crippen LogP contribution >= 0.6 is 15.9 Å². The molecule has 1 aliphatic carbocycles. The summed E-state index contributed by atoms with van der Waals surface area (Å²) < 4.78 is 27.9. The van der Waals surface area contributed by atoms with Gasteiger partial charge in [0.25, 0.3) is 0 Å². The largest absolute Gasteiger partial charge is 0.241 e. The van der Waals surface area contributed by atoms with Crippen LogP contribution in [0.2, 0.25) is 0 Å². The fourth-order valence-electron chi connectivity index (χ4n) is 2.95. The molecule has 1 aliphatic rings. The molecule has 0 aromatic heterocycles. The summed E-state index contributed by atoms with van der Waals surface area (Å²) in [5, 5.41) is 1.72. The van der Waals surface area contributed by atoms with Crippen LogP contribution in [0, 0.1) is 5.92 Å². The van der Waals surface area contributed by atoms with Crippen LogP contribution in [0.1, 0.15) is 19.3 Å². The minimum Gasteiger partial charge on any atom is -0.211 e. The monoisotopic (exact) mass is 367 g/mol. The molecule has 0 spiro atoms. The van der Waals surface area contributed by atoms with Gasteiger partial charge in [-0.25, -0.2) is 13.1 Å². The maximum Gasteiger partial charge on any atom is 0.241 e. The molecule has 0 saturated heterocycles. The van der Waals surface area contributed by atoms with E-state index in [9.17, 15) is 8.42 Å². The second kappa shape index (κ2) is 6.07. The van der Waals surface area contributed by atoms with E-state index in [1.54, 1.807) is 12.1 Å². The van der Waals surface area contributed by atoms with Crippen LogP contribution in [0.3, 0.4) is 0 Å². The quantitative estimate of drug-likeness (QED) is 0.837. The van der Waals surface area contributed by atoms with Gasteiger partial charge >= 0.3 is 0 Å². The molecule has 2 unspecified atom stereocenters. The molecule has 2 aromatic carbocycles. The zero-order valence-corrected chi connectivity index (χ0v) is 14.0. The number of halogens is 1. The summed E-state index contributed by atoms with van der Waals surface area (Å²) in [5.41, 5.74) is 0. The van der Waals surface area contributed by atoms with Gasteiger partial charge in [-0.2, -0.15) is 0 Å². The number of rotatable bonds is 4. The second-order valence-corrected chi connectivity index (χ2v) is 8.45. The van der Waals surface area contributed by atoms with Crippen molar-refractivity contribution in [2.75, 3.05) is 6.54 Å². The molecule has 1 N–H and O–H groups in total. The molecule has 2 aromatic rings. The van der Waals surface area contributed by atoms with Gasteiger partial charge < -0.3 is 0 Å². The van der Waals surface area contributed by atoms with Crippen molar-refractivity contribution < 1.29 is 8.42 Å². The van der Waals surface area contributed by atoms with Crippen molar-refractivity contribution in [2.45, 2.75) is 29.0 Å². The molecule has 3 rings (SSSR count). The number of sulfonamides is 1. The van der Waals surface area contributed by atoms with E-state index in [-0.39, 0.29) is 0 Å². The minimum absolute atomic E-state index is 0.365. The lowest BCUT2D eigenvalue weighted by Crippen LogP contribution is -2.31. The number of alkyl halides is 1. The van der Waals surface area contributed by atoms with Crippen LogP contribution in [0.4, 0.5) is 0 Å². The van der Waals surface area contributed by atoms with Crippen LogP contribution in [-0.2, 0) is 10.0 Å². The number of hydrogen-bond donors (Lipinski definition) is 1. The Labute approximate surface area is 133 Å². The average molecular weight is 368 g/mol. The van der Waals surface area contributed by atoms with Gasteiger partial charge in [-0.05, 0) is 30.2 Å². The number of benzene rings is 2. The lowest BCUT2D eigenvalue weighted by atomic mass is 10.1. The van der Waals surface area contributed by atoms with Crippen molar-refractivity contribution in [3.05, 3.63) is 42.5 Å². The highest BCUT2D eigenvalue weighted by atomic mass is 79.9. The van der Waals surface area contributed by atoms with Gasteiger partial charge in [0, 0.05) is 16.8 Å². The smallest absolute Gasteiger partial charge is 0.211 e. The fourth-order valence-corrected chi connectivity index (χ4v) is 5.04. The van der Waals surface area contributed by atoms with E-state index in [2.05, 4.69) is 20.7 Å². The fraction of sp³-hybridized carbons (Fsp3) is 0.375. The van der Waals surface area contributed by atoms with E-state index in [0.717, 1.165) is 30.0 Å². The van der Waals surface area contributed by atoms with Gasteiger partial charge in [0.1, 0.15) is 0 Å². The summed E-state index contributed by atoms with van der Waals surface area (Å²) in [5.74, 6) is 0.384. The molecule has 3 nitrogen and oxygen atoms in total. The maximum absolute atomic E-state index is 12.6. The van der Waals surface area contributed by atoms with E-state index >= 15 is 0 Å². The van der Waals surface area contributed by atoms with Crippen molar-refractivity contribution in [3.63, 3.8) is 0 Å². The van der Waals surface area contributed by atoms with Gasteiger partial charge in [-0.3, -0.25) is 0 Å². The van der Waals surface area contributed by atoms with Crippen LogP contribution < -0.4 is 4.72 Å². The van der Waals surface area contributed by atoms with E-state index < -0.39 is 10.0 Å². The molecule has 5 heteroatoms. The number of fused-ring (bicyclic) bond motifs is 1. The molecule has 1 fully saturated rings. The zero-order chi connectivity index (χ0) is 14.9. The maximum atomic E-state index is 12.6. The standard InChI is InChI=1S/C16H18BrNO2S/c17-15-9-3-7-13(15)11-18-21(19,20)16-10-4-6-12-5-1-2-8-14(12)16/h1-2,4-6,8,10,13,15,18H,3,7,9,11H2. The molecule has 0 radical (unpaired) electrons. The Morgan fingerprint density at radius 3 is 2.62 bits per heavy atom. The predicted octanol–water partition coefficient (Wildman–Crippen LogP) is 3.68. The topological polar surface area (TPSA) is 46.2 Å². The molecule has 0 amide bonds. The van der Waals surface area contributed by atoms with E-state index in [0.29, 0.717) is 22.2 Å². The van der Waals surface area contributed by atoms with Crippen LogP contribution in [-0.4, -0.2) is 19.8 Å². The lowest BCUT2D eigenvalue weighted by molar-refractivity contribution is 0.530. The Morgan fingerprint density at radius 1 is 1.10 bits per heavy atom. The lowest BCUT2D eigenvalue weighted by Gasteiger charge is -2.15. The van der Waals surface area contributed by atoms with Crippen LogP contribution in [0.15, 0.2) is 47.4 Å². The molecule has 0 aliphatic heterocycles. The van der Waals surface area contributed by atoms with Crippen molar-refractivity contribution in [3.8, 4) is 0 Å². The summed E-state index contributed by atoms with van der Waals surface area (Å²) in [6.07, 6.45) is 3.37. The van der Waals surface area contributed by atoms with Gasteiger partial charge in [-0.1, -0.05) is 58.7 Å². The third-order valence-electron chi connectivity index (χ3n) is 4.14. The molecule has 2 atom stereocenters. The van der Waals surface area contributed by atoms with Gasteiger partial charge in [0.05, 0.1) is 4.90 Å². The van der Waals surface area contributed by atoms with Crippen molar-refractivity contribution in [1.82, 2.24) is 4.72 Å². The van der Waals surface area contributed by atoms with Crippen molar-refractivity contribution >= 4 is 36.7 Å². The third kappa shape index (κ3) is 3.15. The summed E-state index contributed by atoms with van der Waals surface area (Å²) in [6.45, 7) is 0.501. The second-order valence-electron chi connectivity index (χ2n) is 5.54. The average Bonchev–Trinajstić information content (AvgIpc) is 2.90. The molecule has 0 bridgehead atoms. The van der Waals surface area contributed by atoms with Crippen LogP contribution in [0.25, 0.3) is 10.8 Å².